The van der Waals surface area contributed by atoms with E-state index in [2.05, 4.69) is 47.1 Å². The zero-order chi connectivity index (χ0) is 9.68. The lowest BCUT2D eigenvalue weighted by molar-refractivity contribution is 0.274. The molecule has 1 rings (SSSR count). The lowest BCUT2D eigenvalue weighted by atomic mass is 9.94. The van der Waals surface area contributed by atoms with Crippen LogP contribution in [0.25, 0.3) is 0 Å². The van der Waals surface area contributed by atoms with E-state index in [0.717, 1.165) is 17.3 Å². The van der Waals surface area contributed by atoms with Crippen molar-refractivity contribution in [2.75, 3.05) is 6.61 Å². The van der Waals surface area contributed by atoms with Crippen molar-refractivity contribution in [3.05, 3.63) is 34.3 Å². The van der Waals surface area contributed by atoms with Crippen LogP contribution in [0.3, 0.4) is 0 Å². The Morgan fingerprint density at radius 1 is 1.31 bits per heavy atom. The van der Waals surface area contributed by atoms with Gasteiger partial charge in [0.05, 0.1) is 0 Å². The highest BCUT2D eigenvalue weighted by atomic mass is 79.9. The van der Waals surface area contributed by atoms with Crippen LogP contribution in [0.2, 0.25) is 0 Å². The van der Waals surface area contributed by atoms with Gasteiger partial charge < -0.3 is 5.11 Å². The number of halogens is 1. The Kier molecular flexibility index (Phi) is 4.46. The fourth-order valence-electron chi connectivity index (χ4n) is 1.50. The van der Waals surface area contributed by atoms with E-state index < -0.39 is 0 Å². The summed E-state index contributed by atoms with van der Waals surface area (Å²) in [4.78, 5) is 0. The highest BCUT2D eigenvalue weighted by Gasteiger charge is 2.07. The summed E-state index contributed by atoms with van der Waals surface area (Å²) in [6.45, 7) is 2.43. The zero-order valence-corrected chi connectivity index (χ0v) is 9.42. The molecule has 72 valence electrons. The second-order valence-corrected chi connectivity index (χ2v) is 4.08. The number of hydrogen-bond acceptors (Lipinski definition) is 1. The molecule has 1 aromatic rings. The van der Waals surface area contributed by atoms with E-state index in [1.54, 1.807) is 0 Å². The average Bonchev–Trinajstić information content (AvgIpc) is 2.16. The molecule has 0 aliphatic carbocycles. The van der Waals surface area contributed by atoms with Crippen LogP contribution in [-0.4, -0.2) is 11.7 Å². The zero-order valence-electron chi connectivity index (χ0n) is 7.83. The third kappa shape index (κ3) is 3.12. The van der Waals surface area contributed by atoms with Crippen molar-refractivity contribution in [3.8, 4) is 0 Å². The SMILES string of the molecule is CC[C@@H](CCO)c1ccc(Br)cc1. The maximum atomic E-state index is 8.87. The van der Waals surface area contributed by atoms with E-state index in [9.17, 15) is 0 Å². The first-order valence-corrected chi connectivity index (χ1v) is 5.43. The molecule has 0 unspecified atom stereocenters. The monoisotopic (exact) mass is 242 g/mol. The Hall–Kier alpha value is -0.340. The molecule has 1 nitrogen and oxygen atoms in total. The molecule has 0 radical (unpaired) electrons. The van der Waals surface area contributed by atoms with Crippen molar-refractivity contribution < 1.29 is 5.11 Å². The topological polar surface area (TPSA) is 20.2 Å². The van der Waals surface area contributed by atoms with Gasteiger partial charge in [0.15, 0.2) is 0 Å². The minimum absolute atomic E-state index is 0.272. The maximum Gasteiger partial charge on any atom is 0.0436 e. The summed E-state index contributed by atoms with van der Waals surface area (Å²) in [6, 6.07) is 8.34. The summed E-state index contributed by atoms with van der Waals surface area (Å²) in [7, 11) is 0. The third-order valence-corrected chi connectivity index (χ3v) is 2.84. The van der Waals surface area contributed by atoms with E-state index in [1.165, 1.54) is 5.56 Å². The summed E-state index contributed by atoms with van der Waals surface area (Å²) in [5.74, 6) is 0.498. The fraction of sp³-hybridized carbons (Fsp3) is 0.455. The minimum Gasteiger partial charge on any atom is -0.396 e. The molecule has 1 atom stereocenters. The summed E-state index contributed by atoms with van der Waals surface area (Å²) < 4.78 is 1.11. The molecule has 0 heterocycles. The molecule has 0 amide bonds. The van der Waals surface area contributed by atoms with Gasteiger partial charge in [-0.05, 0) is 36.5 Å². The average molecular weight is 243 g/mol. The molecule has 0 spiro atoms. The van der Waals surface area contributed by atoms with Crippen LogP contribution in [0.1, 0.15) is 31.2 Å². The van der Waals surface area contributed by atoms with Gasteiger partial charge in [-0.2, -0.15) is 0 Å². The van der Waals surface area contributed by atoms with Crippen LogP contribution < -0.4 is 0 Å². The molecule has 0 aliphatic heterocycles. The number of aliphatic hydroxyl groups is 1. The molecule has 0 fully saturated rings. The minimum atomic E-state index is 0.272. The van der Waals surface area contributed by atoms with Crippen molar-refractivity contribution >= 4 is 15.9 Å². The van der Waals surface area contributed by atoms with Crippen LogP contribution in [0.5, 0.6) is 0 Å². The predicted octanol–water partition coefficient (Wildman–Crippen LogP) is 3.33. The van der Waals surface area contributed by atoms with E-state index in [-0.39, 0.29) is 6.61 Å². The summed E-state index contributed by atoms with van der Waals surface area (Å²) >= 11 is 3.41. The molecule has 0 aliphatic rings. The molecule has 2 heteroatoms. The summed E-state index contributed by atoms with van der Waals surface area (Å²) in [5, 5.41) is 8.87. The summed E-state index contributed by atoms with van der Waals surface area (Å²) in [5.41, 5.74) is 1.32. The lowest BCUT2D eigenvalue weighted by Crippen LogP contribution is -1.99. The standard InChI is InChI=1S/C11H15BrO/c1-2-9(7-8-13)10-3-5-11(12)6-4-10/h3-6,9,13H,2,7-8H2,1H3/t9-/m0/s1. The Balaban J connectivity index is 2.73. The van der Waals surface area contributed by atoms with Gasteiger partial charge in [0.25, 0.3) is 0 Å². The molecule has 0 aromatic heterocycles. The van der Waals surface area contributed by atoms with E-state index in [1.807, 2.05) is 0 Å². The third-order valence-electron chi connectivity index (χ3n) is 2.31. The molecule has 0 saturated heterocycles. The molecular weight excluding hydrogens is 228 g/mol. The predicted molar refractivity (Wildman–Crippen MR) is 58.9 cm³/mol. The smallest absolute Gasteiger partial charge is 0.0436 e. The van der Waals surface area contributed by atoms with Crippen molar-refractivity contribution in [2.45, 2.75) is 25.7 Å². The van der Waals surface area contributed by atoms with Gasteiger partial charge in [0.2, 0.25) is 0 Å². The second-order valence-electron chi connectivity index (χ2n) is 3.17. The van der Waals surface area contributed by atoms with Crippen molar-refractivity contribution in [1.82, 2.24) is 0 Å². The van der Waals surface area contributed by atoms with Gasteiger partial charge in [-0.3, -0.25) is 0 Å². The number of benzene rings is 1. The van der Waals surface area contributed by atoms with Crippen LogP contribution in [-0.2, 0) is 0 Å². The number of hydrogen-bond donors (Lipinski definition) is 1. The normalized spacial score (nSPS) is 12.8. The molecule has 13 heavy (non-hydrogen) atoms. The van der Waals surface area contributed by atoms with Crippen LogP contribution in [0, 0.1) is 0 Å². The van der Waals surface area contributed by atoms with Gasteiger partial charge in [-0.1, -0.05) is 35.0 Å². The first-order valence-electron chi connectivity index (χ1n) is 4.64. The van der Waals surface area contributed by atoms with E-state index in [4.69, 9.17) is 5.11 Å². The Morgan fingerprint density at radius 2 is 1.92 bits per heavy atom. The van der Waals surface area contributed by atoms with Crippen molar-refractivity contribution in [1.29, 1.82) is 0 Å². The molecule has 0 saturated carbocycles. The largest absolute Gasteiger partial charge is 0.396 e. The van der Waals surface area contributed by atoms with Gasteiger partial charge in [0, 0.05) is 11.1 Å². The molecule has 1 aromatic carbocycles. The van der Waals surface area contributed by atoms with Crippen LogP contribution in [0.15, 0.2) is 28.7 Å². The van der Waals surface area contributed by atoms with E-state index >= 15 is 0 Å². The quantitative estimate of drug-likeness (QED) is 0.859. The number of aliphatic hydroxyl groups excluding tert-OH is 1. The molecular formula is C11H15BrO. The Bertz CT molecular complexity index is 243. The molecule has 0 bridgehead atoms. The van der Waals surface area contributed by atoms with Crippen molar-refractivity contribution in [2.24, 2.45) is 0 Å². The first kappa shape index (κ1) is 10.7. The summed E-state index contributed by atoms with van der Waals surface area (Å²) in [6.07, 6.45) is 1.94. The van der Waals surface area contributed by atoms with Gasteiger partial charge in [0.1, 0.15) is 0 Å². The number of rotatable bonds is 4. The van der Waals surface area contributed by atoms with Crippen LogP contribution in [0.4, 0.5) is 0 Å². The molecule has 1 N–H and O–H groups in total. The Morgan fingerprint density at radius 3 is 2.38 bits per heavy atom. The first-order chi connectivity index (χ1) is 6.27. The maximum absolute atomic E-state index is 8.87. The second kappa shape index (κ2) is 5.40. The van der Waals surface area contributed by atoms with Gasteiger partial charge in [-0.15, -0.1) is 0 Å². The van der Waals surface area contributed by atoms with Gasteiger partial charge >= 0.3 is 0 Å². The fourth-order valence-corrected chi connectivity index (χ4v) is 1.76. The highest BCUT2D eigenvalue weighted by molar-refractivity contribution is 9.10. The van der Waals surface area contributed by atoms with Crippen molar-refractivity contribution in [3.63, 3.8) is 0 Å². The van der Waals surface area contributed by atoms with Crippen LogP contribution >= 0.6 is 15.9 Å². The van der Waals surface area contributed by atoms with E-state index in [0.29, 0.717) is 5.92 Å². The lowest BCUT2D eigenvalue weighted by Gasteiger charge is -2.13. The Labute approximate surface area is 87.9 Å². The highest BCUT2D eigenvalue weighted by Crippen LogP contribution is 2.24. The van der Waals surface area contributed by atoms with Gasteiger partial charge in [-0.25, -0.2) is 0 Å².